The molecule has 0 atom stereocenters. The van der Waals surface area contributed by atoms with Gasteiger partial charge in [-0.3, -0.25) is 0 Å². The number of fused-ring (bicyclic) bond motifs is 3. The average molecular weight is 443 g/mol. The molecule has 4 N–H and O–H groups in total. The molecule has 0 fully saturated rings. The van der Waals surface area contributed by atoms with Crippen molar-refractivity contribution in [3.05, 3.63) is 109 Å². The number of nitrogens with two attached hydrogens (primary N) is 2. The SMILES string of the molecule is Nc1ccc(Oc2cc3ccccc3cc2Oc2ccc(N)c3ccccc23)c2ccccc12. The fourth-order valence-electron chi connectivity index (χ4n) is 4.36. The maximum Gasteiger partial charge on any atom is 0.170 e. The zero-order valence-corrected chi connectivity index (χ0v) is 18.4. The second-order valence-corrected chi connectivity index (χ2v) is 8.25. The molecule has 6 aromatic rings. The maximum absolute atomic E-state index is 6.49. The van der Waals surface area contributed by atoms with Crippen LogP contribution >= 0.6 is 0 Å². The van der Waals surface area contributed by atoms with Crippen LogP contribution < -0.4 is 20.9 Å². The lowest BCUT2D eigenvalue weighted by molar-refractivity contribution is 0.425. The van der Waals surface area contributed by atoms with Gasteiger partial charge in [-0.15, -0.1) is 0 Å². The molecule has 6 rings (SSSR count). The molecule has 0 saturated heterocycles. The maximum atomic E-state index is 6.49. The van der Waals surface area contributed by atoms with Crippen molar-refractivity contribution in [3.63, 3.8) is 0 Å². The highest BCUT2D eigenvalue weighted by Crippen LogP contribution is 2.42. The topological polar surface area (TPSA) is 70.5 Å². The Labute approximate surface area is 196 Å². The van der Waals surface area contributed by atoms with Gasteiger partial charge < -0.3 is 20.9 Å². The first-order valence-corrected chi connectivity index (χ1v) is 11.1. The van der Waals surface area contributed by atoms with Gasteiger partial charge in [-0.2, -0.15) is 0 Å². The van der Waals surface area contributed by atoms with E-state index in [1.807, 2.05) is 97.1 Å². The fourth-order valence-corrected chi connectivity index (χ4v) is 4.36. The summed E-state index contributed by atoms with van der Waals surface area (Å²) in [6, 6.07) is 35.6. The zero-order chi connectivity index (χ0) is 23.1. The Balaban J connectivity index is 1.51. The predicted molar refractivity (Wildman–Crippen MR) is 141 cm³/mol. The van der Waals surface area contributed by atoms with Crippen LogP contribution in [0.4, 0.5) is 11.4 Å². The van der Waals surface area contributed by atoms with Gasteiger partial charge in [-0.1, -0.05) is 72.8 Å². The minimum Gasteiger partial charge on any atom is -0.453 e. The lowest BCUT2D eigenvalue weighted by atomic mass is 10.1. The van der Waals surface area contributed by atoms with E-state index in [0.717, 1.165) is 32.3 Å². The molecule has 0 heterocycles. The van der Waals surface area contributed by atoms with E-state index < -0.39 is 0 Å². The number of hydrogen-bond donors (Lipinski definition) is 2. The minimum atomic E-state index is 0.620. The van der Waals surface area contributed by atoms with E-state index in [2.05, 4.69) is 12.1 Å². The van der Waals surface area contributed by atoms with Crippen LogP contribution in [0.3, 0.4) is 0 Å². The van der Waals surface area contributed by atoms with Crippen molar-refractivity contribution in [2.24, 2.45) is 0 Å². The molecule has 164 valence electrons. The average Bonchev–Trinajstić information content (AvgIpc) is 2.88. The van der Waals surface area contributed by atoms with Gasteiger partial charge in [0.1, 0.15) is 11.5 Å². The van der Waals surface area contributed by atoms with Gasteiger partial charge in [-0.05, 0) is 47.2 Å². The Kier molecular flexibility index (Phi) is 4.70. The lowest BCUT2D eigenvalue weighted by Crippen LogP contribution is -1.95. The van der Waals surface area contributed by atoms with Crippen LogP contribution in [0.15, 0.2) is 109 Å². The molecular weight excluding hydrogens is 420 g/mol. The Morgan fingerprint density at radius 3 is 1.21 bits per heavy atom. The van der Waals surface area contributed by atoms with E-state index in [-0.39, 0.29) is 0 Å². The van der Waals surface area contributed by atoms with Gasteiger partial charge in [0.2, 0.25) is 0 Å². The highest BCUT2D eigenvalue weighted by Gasteiger charge is 2.14. The van der Waals surface area contributed by atoms with Gasteiger partial charge in [0.25, 0.3) is 0 Å². The van der Waals surface area contributed by atoms with Crippen molar-refractivity contribution in [1.29, 1.82) is 0 Å². The zero-order valence-electron chi connectivity index (χ0n) is 18.4. The Morgan fingerprint density at radius 2 is 0.765 bits per heavy atom. The molecule has 0 aliphatic rings. The minimum absolute atomic E-state index is 0.620. The normalized spacial score (nSPS) is 11.2. The first-order valence-electron chi connectivity index (χ1n) is 11.1. The summed E-state index contributed by atoms with van der Waals surface area (Å²) in [7, 11) is 0. The van der Waals surface area contributed by atoms with Crippen LogP contribution in [-0.2, 0) is 0 Å². The van der Waals surface area contributed by atoms with Crippen LogP contribution in [0.1, 0.15) is 0 Å². The lowest BCUT2D eigenvalue weighted by Gasteiger charge is -2.17. The second kappa shape index (κ2) is 8.01. The molecular formula is C30H22N2O2. The molecule has 4 nitrogen and oxygen atoms in total. The van der Waals surface area contributed by atoms with E-state index in [4.69, 9.17) is 20.9 Å². The monoisotopic (exact) mass is 442 g/mol. The largest absolute Gasteiger partial charge is 0.453 e. The summed E-state index contributed by atoms with van der Waals surface area (Å²) in [4.78, 5) is 0. The van der Waals surface area contributed by atoms with Crippen molar-refractivity contribution in [1.82, 2.24) is 0 Å². The Bertz CT molecular complexity index is 1570. The van der Waals surface area contributed by atoms with Crippen molar-refractivity contribution >= 4 is 43.7 Å². The predicted octanol–water partition coefficient (Wildman–Crippen LogP) is 7.90. The van der Waals surface area contributed by atoms with Crippen molar-refractivity contribution < 1.29 is 9.47 Å². The van der Waals surface area contributed by atoms with Gasteiger partial charge in [0.05, 0.1) is 0 Å². The van der Waals surface area contributed by atoms with Crippen LogP contribution in [-0.4, -0.2) is 0 Å². The standard InChI is InChI=1S/C30H22N2O2/c31-25-13-15-27(23-11-5-3-9-21(23)25)33-29-17-19-7-1-2-8-20(19)18-30(29)34-28-16-14-26(32)22-10-4-6-12-24(22)28/h1-18H,31-32H2. The number of ether oxygens (including phenoxy) is 2. The molecule has 0 unspecified atom stereocenters. The molecule has 0 saturated carbocycles. The van der Waals surface area contributed by atoms with E-state index >= 15 is 0 Å². The summed E-state index contributed by atoms with van der Waals surface area (Å²) in [5, 5.41) is 5.91. The van der Waals surface area contributed by atoms with Gasteiger partial charge in [0, 0.05) is 32.9 Å². The molecule has 0 aromatic heterocycles. The number of nitrogen functional groups attached to an aromatic ring is 2. The number of benzene rings is 6. The number of hydrogen-bond acceptors (Lipinski definition) is 4. The molecule has 0 aliphatic carbocycles. The molecule has 0 amide bonds. The summed E-state index contributed by atoms with van der Waals surface area (Å²) in [6.45, 7) is 0. The molecule has 6 aromatic carbocycles. The summed E-state index contributed by atoms with van der Waals surface area (Å²) in [6.07, 6.45) is 0. The van der Waals surface area contributed by atoms with E-state index in [1.165, 1.54) is 0 Å². The second-order valence-electron chi connectivity index (χ2n) is 8.25. The molecule has 0 bridgehead atoms. The summed E-state index contributed by atoms with van der Waals surface area (Å²) < 4.78 is 13.0. The fraction of sp³-hybridized carbons (Fsp3) is 0. The number of rotatable bonds is 4. The van der Waals surface area contributed by atoms with Crippen molar-refractivity contribution in [2.45, 2.75) is 0 Å². The molecule has 34 heavy (non-hydrogen) atoms. The van der Waals surface area contributed by atoms with Crippen LogP contribution in [0.5, 0.6) is 23.0 Å². The highest BCUT2D eigenvalue weighted by molar-refractivity contribution is 5.98. The summed E-state index contributed by atoms with van der Waals surface area (Å²) >= 11 is 0. The quantitative estimate of drug-likeness (QED) is 0.272. The summed E-state index contributed by atoms with van der Waals surface area (Å²) in [5.41, 5.74) is 13.8. The third-order valence-electron chi connectivity index (χ3n) is 6.09. The smallest absolute Gasteiger partial charge is 0.170 e. The van der Waals surface area contributed by atoms with Crippen LogP contribution in [0, 0.1) is 0 Å². The van der Waals surface area contributed by atoms with Crippen LogP contribution in [0.2, 0.25) is 0 Å². The molecule has 0 spiro atoms. The van der Waals surface area contributed by atoms with Gasteiger partial charge >= 0.3 is 0 Å². The molecule has 0 radical (unpaired) electrons. The summed E-state index contributed by atoms with van der Waals surface area (Å²) in [5.74, 6) is 2.67. The first-order chi connectivity index (χ1) is 16.7. The van der Waals surface area contributed by atoms with E-state index in [1.54, 1.807) is 0 Å². The third kappa shape index (κ3) is 3.42. The highest BCUT2D eigenvalue weighted by atomic mass is 16.5. The van der Waals surface area contributed by atoms with E-state index in [9.17, 15) is 0 Å². The van der Waals surface area contributed by atoms with Crippen LogP contribution in [0.25, 0.3) is 32.3 Å². The van der Waals surface area contributed by atoms with Gasteiger partial charge in [0.15, 0.2) is 11.5 Å². The van der Waals surface area contributed by atoms with E-state index in [0.29, 0.717) is 34.4 Å². The van der Waals surface area contributed by atoms with Crippen molar-refractivity contribution in [3.8, 4) is 23.0 Å². The Morgan fingerprint density at radius 1 is 0.382 bits per heavy atom. The Hall–Kier alpha value is -4.70. The number of anilines is 2. The molecule has 4 heteroatoms. The van der Waals surface area contributed by atoms with Gasteiger partial charge in [-0.25, -0.2) is 0 Å². The van der Waals surface area contributed by atoms with Crippen molar-refractivity contribution in [2.75, 3.05) is 11.5 Å². The molecule has 0 aliphatic heterocycles. The first kappa shape index (κ1) is 19.9. The third-order valence-corrected chi connectivity index (χ3v) is 6.09.